The van der Waals surface area contributed by atoms with Crippen LogP contribution in [0.1, 0.15) is 22.3 Å². The van der Waals surface area contributed by atoms with Gasteiger partial charge >= 0.3 is 12.1 Å². The molecule has 1 unspecified atom stereocenters. The molecule has 0 saturated heterocycles. The molecule has 0 radical (unpaired) electrons. The van der Waals surface area contributed by atoms with Crippen molar-refractivity contribution in [1.29, 1.82) is 0 Å². The molecular weight excluding hydrogens is 355 g/mol. The Morgan fingerprint density at radius 1 is 1.24 bits per heavy atom. The van der Waals surface area contributed by atoms with Gasteiger partial charge in [-0.2, -0.15) is 13.2 Å². The van der Waals surface area contributed by atoms with Crippen molar-refractivity contribution in [2.75, 3.05) is 7.11 Å². The Morgan fingerprint density at radius 3 is 2.52 bits per heavy atom. The smallest absolute Gasteiger partial charge is 0.416 e. The molecule has 134 valence electrons. The number of nitrogens with one attached hydrogen (secondary N) is 1. The summed E-state index contributed by atoms with van der Waals surface area (Å²) in [6.45, 7) is 0.241. The van der Waals surface area contributed by atoms with Crippen molar-refractivity contribution < 1.29 is 26.9 Å². The van der Waals surface area contributed by atoms with Crippen molar-refractivity contribution in [3.8, 4) is 0 Å². The molecule has 25 heavy (non-hydrogen) atoms. The number of carbonyl (C=O) groups is 1. The largest absolute Gasteiger partial charge is 0.465 e. The first kappa shape index (κ1) is 19.1. The van der Waals surface area contributed by atoms with Gasteiger partial charge in [0.25, 0.3) is 0 Å². The van der Waals surface area contributed by atoms with Gasteiger partial charge in [-0.1, -0.05) is 24.3 Å². The number of halogens is 3. The van der Waals surface area contributed by atoms with Crippen LogP contribution in [0.15, 0.2) is 59.0 Å². The van der Waals surface area contributed by atoms with E-state index in [0.29, 0.717) is 10.5 Å². The fraction of sp³-hybridized carbons (Fsp3) is 0.235. The van der Waals surface area contributed by atoms with E-state index in [-0.39, 0.29) is 13.0 Å². The van der Waals surface area contributed by atoms with Gasteiger partial charge < -0.3 is 4.74 Å². The number of allylic oxidation sites excluding steroid dienone is 6. The molecule has 1 aliphatic rings. The molecule has 1 aliphatic carbocycles. The summed E-state index contributed by atoms with van der Waals surface area (Å²) in [5.41, 5.74) is 0.393. The van der Waals surface area contributed by atoms with E-state index in [4.69, 9.17) is 0 Å². The predicted octanol–water partition coefficient (Wildman–Crippen LogP) is 3.56. The summed E-state index contributed by atoms with van der Waals surface area (Å²) in [6.07, 6.45) is 0.195. The van der Waals surface area contributed by atoms with E-state index in [9.17, 15) is 22.2 Å². The number of carbonyl (C=O) groups excluding carboxylic acids is 1. The van der Waals surface area contributed by atoms with Crippen molar-refractivity contribution in [2.24, 2.45) is 0 Å². The van der Waals surface area contributed by atoms with E-state index < -0.39 is 28.7 Å². The molecule has 2 rings (SSSR count). The quantitative estimate of drug-likeness (QED) is 0.806. The maximum Gasteiger partial charge on any atom is 0.416 e. The first-order valence-corrected chi connectivity index (χ1v) is 8.43. The monoisotopic (exact) mass is 371 g/mol. The van der Waals surface area contributed by atoms with Crippen LogP contribution in [0.4, 0.5) is 13.2 Å². The van der Waals surface area contributed by atoms with Crippen LogP contribution in [0, 0.1) is 0 Å². The number of benzene rings is 1. The second kappa shape index (κ2) is 8.26. The van der Waals surface area contributed by atoms with Crippen LogP contribution in [0.2, 0.25) is 0 Å². The minimum atomic E-state index is -4.43. The number of methoxy groups -OCH3 is 1. The summed E-state index contributed by atoms with van der Waals surface area (Å²) in [7, 11) is -0.333. The van der Waals surface area contributed by atoms with Crippen molar-refractivity contribution in [2.45, 2.75) is 19.1 Å². The molecule has 1 aromatic rings. The lowest BCUT2D eigenvalue weighted by molar-refractivity contribution is -0.0881. The minimum absolute atomic E-state index is 0.164. The van der Waals surface area contributed by atoms with Gasteiger partial charge in [0.15, 0.2) is 0 Å². The molecule has 0 aliphatic heterocycles. The summed E-state index contributed by atoms with van der Waals surface area (Å²) in [5, 5.41) is 0. The van der Waals surface area contributed by atoms with Gasteiger partial charge in [0.05, 0.1) is 18.2 Å². The molecule has 0 saturated carbocycles. The van der Waals surface area contributed by atoms with Crippen molar-refractivity contribution in [3.05, 3.63) is 70.2 Å². The van der Waals surface area contributed by atoms with Crippen LogP contribution in [0.25, 0.3) is 0 Å². The second-order valence-corrected chi connectivity index (χ2v) is 6.49. The van der Waals surface area contributed by atoms with Crippen molar-refractivity contribution >= 4 is 17.0 Å². The van der Waals surface area contributed by atoms with E-state index in [1.807, 2.05) is 0 Å². The summed E-state index contributed by atoms with van der Waals surface area (Å²) in [6, 6.07) is 6.52. The van der Waals surface area contributed by atoms with Gasteiger partial charge in [0.2, 0.25) is 0 Å². The van der Waals surface area contributed by atoms with Crippen LogP contribution in [-0.2, 0) is 22.3 Å². The maximum absolute atomic E-state index is 12.7. The molecule has 0 bridgehead atoms. The molecule has 0 spiro atoms. The highest BCUT2D eigenvalue weighted by atomic mass is 32.2. The van der Waals surface area contributed by atoms with Crippen LogP contribution >= 0.6 is 0 Å². The fourth-order valence-electron chi connectivity index (χ4n) is 2.05. The summed E-state index contributed by atoms with van der Waals surface area (Å²) < 4.78 is 57.6. The highest BCUT2D eigenvalue weighted by Gasteiger charge is 2.31. The van der Waals surface area contributed by atoms with Gasteiger partial charge in [-0.3, -0.25) is 0 Å². The lowest BCUT2D eigenvalue weighted by atomic mass is 10.1. The molecule has 0 heterocycles. The molecule has 0 fully saturated rings. The van der Waals surface area contributed by atoms with E-state index in [0.717, 1.165) is 17.7 Å². The van der Waals surface area contributed by atoms with Gasteiger partial charge in [-0.15, -0.1) is 0 Å². The predicted molar refractivity (Wildman–Crippen MR) is 88.7 cm³/mol. The molecule has 1 atom stereocenters. The number of rotatable bonds is 5. The summed E-state index contributed by atoms with van der Waals surface area (Å²) in [4.78, 5) is 11.7. The number of hydrogen-bond acceptors (Lipinski definition) is 3. The average molecular weight is 371 g/mol. The van der Waals surface area contributed by atoms with Gasteiger partial charge in [-0.25, -0.2) is 13.7 Å². The highest BCUT2D eigenvalue weighted by molar-refractivity contribution is 7.87. The molecular formula is C17H16F3NO3S. The second-order valence-electron chi connectivity index (χ2n) is 5.14. The van der Waals surface area contributed by atoms with Gasteiger partial charge in [0.1, 0.15) is 11.0 Å². The summed E-state index contributed by atoms with van der Waals surface area (Å²) in [5.74, 6) is -0.453. The van der Waals surface area contributed by atoms with Crippen LogP contribution < -0.4 is 4.72 Å². The Morgan fingerprint density at radius 2 is 1.92 bits per heavy atom. The van der Waals surface area contributed by atoms with E-state index >= 15 is 0 Å². The van der Waals surface area contributed by atoms with E-state index in [2.05, 4.69) is 9.46 Å². The third-order valence-corrected chi connectivity index (χ3v) is 4.60. The highest BCUT2D eigenvalue weighted by Crippen LogP contribution is 2.28. The summed E-state index contributed by atoms with van der Waals surface area (Å²) >= 11 is 0. The normalized spacial score (nSPS) is 15.8. The minimum Gasteiger partial charge on any atom is -0.465 e. The number of esters is 1. The zero-order chi connectivity index (χ0) is 18.4. The van der Waals surface area contributed by atoms with Crippen LogP contribution in [0.5, 0.6) is 0 Å². The third-order valence-electron chi connectivity index (χ3n) is 3.41. The molecule has 1 N–H and O–H groups in total. The Balaban J connectivity index is 1.98. The van der Waals surface area contributed by atoms with E-state index in [1.54, 1.807) is 24.3 Å². The van der Waals surface area contributed by atoms with Crippen LogP contribution in [0.3, 0.4) is 0 Å². The fourth-order valence-corrected chi connectivity index (χ4v) is 2.98. The Kier molecular flexibility index (Phi) is 6.33. The SMILES string of the molecule is COC(=O)c1ccc(CNS(=O)C2=CC=C(C(F)(F)F)C=CC2)cc1. The number of hydrogen-bond donors (Lipinski definition) is 1. The molecule has 8 heteroatoms. The molecule has 0 aromatic heterocycles. The molecule has 0 amide bonds. The van der Waals surface area contributed by atoms with Crippen LogP contribution in [-0.4, -0.2) is 23.5 Å². The van der Waals surface area contributed by atoms with Crippen molar-refractivity contribution in [3.63, 3.8) is 0 Å². The molecule has 1 aromatic carbocycles. The zero-order valence-corrected chi connectivity index (χ0v) is 14.1. The lowest BCUT2D eigenvalue weighted by Crippen LogP contribution is -2.18. The Labute approximate surface area is 145 Å². The van der Waals surface area contributed by atoms with E-state index in [1.165, 1.54) is 19.3 Å². The first-order chi connectivity index (χ1) is 11.8. The number of alkyl halides is 3. The number of ether oxygens (including phenoxy) is 1. The Hall–Kier alpha value is -2.19. The maximum atomic E-state index is 12.7. The Bertz CT molecular complexity index is 749. The topological polar surface area (TPSA) is 55.4 Å². The lowest BCUT2D eigenvalue weighted by Gasteiger charge is -2.07. The first-order valence-electron chi connectivity index (χ1n) is 7.28. The molecule has 4 nitrogen and oxygen atoms in total. The van der Waals surface area contributed by atoms with Gasteiger partial charge in [0, 0.05) is 17.9 Å². The van der Waals surface area contributed by atoms with Gasteiger partial charge in [-0.05, 0) is 29.8 Å². The third kappa shape index (κ3) is 5.40. The average Bonchev–Trinajstić information content (AvgIpc) is 2.85. The van der Waals surface area contributed by atoms with Crippen molar-refractivity contribution in [1.82, 2.24) is 4.72 Å². The standard InChI is InChI=1S/C17H16F3NO3S/c1-24-16(22)13-7-5-12(6-8-13)11-21-25(23)15-4-2-3-14(9-10-15)17(18,19)20/h2-3,5-10,21H,4,11H2,1H3. The zero-order valence-electron chi connectivity index (χ0n) is 13.3.